The summed E-state index contributed by atoms with van der Waals surface area (Å²) in [5, 5.41) is 6.57. The Morgan fingerprint density at radius 3 is 2.71 bits per heavy atom. The van der Waals surface area contributed by atoms with Gasteiger partial charge in [0.15, 0.2) is 5.76 Å². The van der Waals surface area contributed by atoms with E-state index >= 15 is 0 Å². The molecule has 2 aliphatic rings. The molecule has 1 aromatic heterocycles. The van der Waals surface area contributed by atoms with E-state index in [9.17, 15) is 9.59 Å². The molecule has 0 radical (unpaired) electrons. The second kappa shape index (κ2) is 5.40. The summed E-state index contributed by atoms with van der Waals surface area (Å²) in [6.45, 7) is 3.10. The van der Waals surface area contributed by atoms with Gasteiger partial charge in [0, 0.05) is 31.6 Å². The lowest BCUT2D eigenvalue weighted by atomic mass is 9.92. The van der Waals surface area contributed by atoms with E-state index in [1.54, 1.807) is 17.0 Å². The van der Waals surface area contributed by atoms with Crippen LogP contribution in [0.1, 0.15) is 39.3 Å². The van der Waals surface area contributed by atoms with Gasteiger partial charge in [-0.25, -0.2) is 0 Å². The summed E-state index contributed by atoms with van der Waals surface area (Å²) in [6.07, 6.45) is 2.80. The van der Waals surface area contributed by atoms with Crippen molar-refractivity contribution in [1.29, 1.82) is 0 Å². The summed E-state index contributed by atoms with van der Waals surface area (Å²) in [6, 6.07) is 9.21. The molecule has 6 nitrogen and oxygen atoms in total. The molecular formula is C18H19N3O3. The van der Waals surface area contributed by atoms with E-state index in [0.29, 0.717) is 37.3 Å². The number of nitrogens with one attached hydrogen (secondary N) is 2. The number of anilines is 1. The van der Waals surface area contributed by atoms with Gasteiger partial charge in [-0.1, -0.05) is 11.6 Å². The van der Waals surface area contributed by atoms with Gasteiger partial charge in [0.05, 0.1) is 11.8 Å². The monoisotopic (exact) mass is 325 g/mol. The number of carbonyl (C=O) groups is 2. The molecule has 0 saturated carbocycles. The molecule has 1 saturated heterocycles. The fraction of sp³-hybridized carbons (Fsp3) is 0.333. The fourth-order valence-electron chi connectivity index (χ4n) is 3.43. The van der Waals surface area contributed by atoms with Gasteiger partial charge in [0.25, 0.3) is 11.8 Å². The van der Waals surface area contributed by atoms with Gasteiger partial charge < -0.3 is 20.0 Å². The molecule has 1 aromatic carbocycles. The molecule has 1 spiro atoms. The minimum Gasteiger partial charge on any atom is -0.459 e. The zero-order chi connectivity index (χ0) is 16.7. The number of hydrogen-bond acceptors (Lipinski definition) is 4. The van der Waals surface area contributed by atoms with E-state index in [2.05, 4.69) is 10.6 Å². The highest BCUT2D eigenvalue weighted by molar-refractivity contribution is 6.02. The fourth-order valence-corrected chi connectivity index (χ4v) is 3.43. The number of carbonyl (C=O) groups excluding carboxylic acids is 2. The Balaban J connectivity index is 1.50. The molecule has 1 fully saturated rings. The number of furan rings is 1. The zero-order valence-electron chi connectivity index (χ0n) is 13.5. The van der Waals surface area contributed by atoms with Crippen molar-refractivity contribution in [3.8, 4) is 0 Å². The van der Waals surface area contributed by atoms with Crippen LogP contribution in [0.15, 0.2) is 41.0 Å². The van der Waals surface area contributed by atoms with Crippen molar-refractivity contribution in [2.75, 3.05) is 18.4 Å². The summed E-state index contributed by atoms with van der Waals surface area (Å²) in [4.78, 5) is 26.6. The molecule has 3 heterocycles. The third kappa shape index (κ3) is 2.44. The van der Waals surface area contributed by atoms with Gasteiger partial charge in [-0.2, -0.15) is 0 Å². The molecule has 2 aromatic rings. The van der Waals surface area contributed by atoms with Crippen molar-refractivity contribution < 1.29 is 14.0 Å². The number of aryl methyl sites for hydroxylation is 1. The molecule has 24 heavy (non-hydrogen) atoms. The van der Waals surface area contributed by atoms with Crippen molar-refractivity contribution in [1.82, 2.24) is 10.2 Å². The Morgan fingerprint density at radius 2 is 2.00 bits per heavy atom. The summed E-state index contributed by atoms with van der Waals surface area (Å²) < 4.78 is 5.18. The van der Waals surface area contributed by atoms with Crippen LogP contribution in [0.25, 0.3) is 0 Å². The summed E-state index contributed by atoms with van der Waals surface area (Å²) in [5.74, 6) is 0.193. The quantitative estimate of drug-likeness (QED) is 0.844. The van der Waals surface area contributed by atoms with Crippen molar-refractivity contribution in [3.63, 3.8) is 0 Å². The minimum atomic E-state index is -0.487. The van der Waals surface area contributed by atoms with E-state index in [4.69, 9.17) is 4.42 Å². The average Bonchev–Trinajstić information content (AvgIpc) is 3.10. The van der Waals surface area contributed by atoms with Gasteiger partial charge in [0.2, 0.25) is 0 Å². The molecule has 2 amide bonds. The summed E-state index contributed by atoms with van der Waals surface area (Å²) in [7, 11) is 0. The first kappa shape index (κ1) is 14.8. The van der Waals surface area contributed by atoms with Crippen LogP contribution in [-0.4, -0.2) is 35.5 Å². The van der Waals surface area contributed by atoms with Crippen LogP contribution in [-0.2, 0) is 0 Å². The van der Waals surface area contributed by atoms with Crippen LogP contribution < -0.4 is 10.6 Å². The van der Waals surface area contributed by atoms with Crippen LogP contribution in [0.4, 0.5) is 5.69 Å². The van der Waals surface area contributed by atoms with Crippen molar-refractivity contribution in [2.45, 2.75) is 25.4 Å². The Morgan fingerprint density at radius 1 is 1.21 bits per heavy atom. The van der Waals surface area contributed by atoms with Gasteiger partial charge >= 0.3 is 0 Å². The molecule has 2 aliphatic heterocycles. The van der Waals surface area contributed by atoms with Crippen molar-refractivity contribution >= 4 is 17.5 Å². The number of rotatable bonds is 1. The predicted molar refractivity (Wildman–Crippen MR) is 88.8 cm³/mol. The first-order chi connectivity index (χ1) is 11.6. The Hall–Kier alpha value is -2.76. The van der Waals surface area contributed by atoms with Crippen molar-refractivity contribution in [3.05, 3.63) is 53.5 Å². The Labute approximate surface area is 139 Å². The van der Waals surface area contributed by atoms with E-state index in [1.807, 2.05) is 25.1 Å². The van der Waals surface area contributed by atoms with Crippen LogP contribution in [0.5, 0.6) is 0 Å². The summed E-state index contributed by atoms with van der Waals surface area (Å²) in [5.41, 5.74) is 2.10. The largest absolute Gasteiger partial charge is 0.459 e. The highest BCUT2D eigenvalue weighted by Crippen LogP contribution is 2.32. The van der Waals surface area contributed by atoms with Crippen LogP contribution in [0.2, 0.25) is 0 Å². The van der Waals surface area contributed by atoms with E-state index in [1.165, 1.54) is 6.26 Å². The van der Waals surface area contributed by atoms with Gasteiger partial charge in [0.1, 0.15) is 5.66 Å². The number of fused-ring (bicyclic) bond motifs is 1. The number of amides is 2. The number of nitrogens with zero attached hydrogens (tertiary/aromatic N) is 1. The Bertz CT molecular complexity index is 790. The molecular weight excluding hydrogens is 306 g/mol. The summed E-state index contributed by atoms with van der Waals surface area (Å²) >= 11 is 0. The molecule has 0 atom stereocenters. The maximum absolute atomic E-state index is 12.5. The Kier molecular flexibility index (Phi) is 3.33. The lowest BCUT2D eigenvalue weighted by Gasteiger charge is -2.45. The number of hydrogen-bond donors (Lipinski definition) is 2. The highest BCUT2D eigenvalue weighted by atomic mass is 16.3. The lowest BCUT2D eigenvalue weighted by Crippen LogP contribution is -2.62. The molecule has 4 rings (SSSR count). The second-order valence-electron chi connectivity index (χ2n) is 6.48. The molecule has 0 unspecified atom stereocenters. The minimum absolute atomic E-state index is 0.0572. The smallest absolute Gasteiger partial charge is 0.289 e. The second-order valence-corrected chi connectivity index (χ2v) is 6.48. The van der Waals surface area contributed by atoms with Crippen LogP contribution in [0, 0.1) is 6.92 Å². The number of piperidine rings is 1. The SMILES string of the molecule is Cc1ccc2c(c1)C(=O)NC1(CCN(C(=O)c3ccco3)CC1)N2. The average molecular weight is 325 g/mol. The first-order valence-corrected chi connectivity index (χ1v) is 8.10. The molecule has 0 aliphatic carbocycles. The van der Waals surface area contributed by atoms with E-state index < -0.39 is 5.66 Å². The first-order valence-electron chi connectivity index (χ1n) is 8.10. The van der Waals surface area contributed by atoms with Gasteiger partial charge in [-0.05, 0) is 31.2 Å². The molecule has 0 bridgehead atoms. The molecule has 2 N–H and O–H groups in total. The maximum Gasteiger partial charge on any atom is 0.289 e. The number of benzene rings is 1. The highest BCUT2D eigenvalue weighted by Gasteiger charge is 2.41. The van der Waals surface area contributed by atoms with Crippen molar-refractivity contribution in [2.24, 2.45) is 0 Å². The molecule has 6 heteroatoms. The molecule has 124 valence electrons. The predicted octanol–water partition coefficient (Wildman–Crippen LogP) is 2.38. The lowest BCUT2D eigenvalue weighted by molar-refractivity contribution is 0.0611. The third-order valence-electron chi connectivity index (χ3n) is 4.78. The maximum atomic E-state index is 12.5. The van der Waals surface area contributed by atoms with E-state index in [-0.39, 0.29) is 11.8 Å². The van der Waals surface area contributed by atoms with E-state index in [0.717, 1.165) is 11.3 Å². The van der Waals surface area contributed by atoms with Gasteiger partial charge in [-0.15, -0.1) is 0 Å². The van der Waals surface area contributed by atoms with Crippen LogP contribution >= 0.6 is 0 Å². The topological polar surface area (TPSA) is 74.6 Å². The van der Waals surface area contributed by atoms with Gasteiger partial charge in [-0.3, -0.25) is 9.59 Å². The van der Waals surface area contributed by atoms with Crippen LogP contribution in [0.3, 0.4) is 0 Å². The zero-order valence-corrected chi connectivity index (χ0v) is 13.5. The normalized spacial score (nSPS) is 18.7. The standard InChI is InChI=1S/C18H19N3O3/c1-12-4-5-14-13(11-12)16(22)20-18(19-14)6-8-21(9-7-18)17(23)15-3-2-10-24-15/h2-5,10-11,19H,6-9H2,1H3,(H,20,22). The number of likely N-dealkylation sites (tertiary alicyclic amines) is 1. The third-order valence-corrected chi connectivity index (χ3v) is 4.78.